The number of carbonyl (C=O) groups is 1. The molecule has 2 heterocycles. The van der Waals surface area contributed by atoms with Crippen molar-refractivity contribution in [1.82, 2.24) is 10.2 Å². The van der Waals surface area contributed by atoms with E-state index in [1.807, 2.05) is 4.90 Å². The van der Waals surface area contributed by atoms with Gasteiger partial charge in [0.1, 0.15) is 5.82 Å². The SMILES string of the molecule is Cl.Cl.O=C(C1CCCCN1)N1CCN(c2ccc(F)cc2)CC1. The molecule has 4 nitrogen and oxygen atoms in total. The normalized spacial score (nSPS) is 21.2. The molecule has 0 bridgehead atoms. The molecule has 0 aliphatic carbocycles. The Kier molecular flexibility index (Phi) is 8.09. The fourth-order valence-electron chi connectivity index (χ4n) is 3.12. The lowest BCUT2D eigenvalue weighted by atomic mass is 10.0. The van der Waals surface area contributed by atoms with E-state index >= 15 is 0 Å². The summed E-state index contributed by atoms with van der Waals surface area (Å²) in [5, 5.41) is 3.32. The van der Waals surface area contributed by atoms with Crippen molar-refractivity contribution >= 4 is 36.4 Å². The van der Waals surface area contributed by atoms with Crippen molar-refractivity contribution in [2.75, 3.05) is 37.6 Å². The molecule has 3 rings (SSSR count). The largest absolute Gasteiger partial charge is 0.368 e. The van der Waals surface area contributed by atoms with Crippen LogP contribution in [0.5, 0.6) is 0 Å². The summed E-state index contributed by atoms with van der Waals surface area (Å²) in [5.41, 5.74) is 1.03. The Hall–Kier alpha value is -1.04. The molecule has 0 radical (unpaired) electrons. The maximum Gasteiger partial charge on any atom is 0.239 e. The van der Waals surface area contributed by atoms with Gasteiger partial charge in [0, 0.05) is 31.9 Å². The zero-order valence-electron chi connectivity index (χ0n) is 13.0. The second kappa shape index (κ2) is 9.30. The lowest BCUT2D eigenvalue weighted by Crippen LogP contribution is -2.55. The van der Waals surface area contributed by atoms with Crippen LogP contribution in [0.2, 0.25) is 0 Å². The van der Waals surface area contributed by atoms with E-state index < -0.39 is 0 Å². The number of benzene rings is 1. The minimum absolute atomic E-state index is 0. The summed E-state index contributed by atoms with van der Waals surface area (Å²) < 4.78 is 12.9. The molecule has 7 heteroatoms. The number of halogens is 3. The number of hydrogen-bond acceptors (Lipinski definition) is 3. The molecule has 1 atom stereocenters. The lowest BCUT2D eigenvalue weighted by Gasteiger charge is -2.38. The molecule has 1 aromatic carbocycles. The van der Waals surface area contributed by atoms with E-state index in [2.05, 4.69) is 10.2 Å². The van der Waals surface area contributed by atoms with Crippen LogP contribution in [0, 0.1) is 5.82 Å². The molecular weight excluding hydrogens is 340 g/mol. The number of hydrogen-bond donors (Lipinski definition) is 1. The summed E-state index contributed by atoms with van der Waals surface area (Å²) in [6, 6.07) is 6.58. The summed E-state index contributed by atoms with van der Waals surface area (Å²) in [6.07, 6.45) is 3.26. The van der Waals surface area contributed by atoms with E-state index in [-0.39, 0.29) is 42.6 Å². The van der Waals surface area contributed by atoms with E-state index in [9.17, 15) is 9.18 Å². The van der Waals surface area contributed by atoms with Gasteiger partial charge >= 0.3 is 0 Å². The lowest BCUT2D eigenvalue weighted by molar-refractivity contribution is -0.134. The highest BCUT2D eigenvalue weighted by atomic mass is 35.5. The first-order chi connectivity index (χ1) is 10.2. The third-order valence-electron chi connectivity index (χ3n) is 4.39. The monoisotopic (exact) mass is 363 g/mol. The van der Waals surface area contributed by atoms with E-state index in [1.54, 1.807) is 12.1 Å². The molecule has 23 heavy (non-hydrogen) atoms. The van der Waals surface area contributed by atoms with Crippen LogP contribution in [-0.2, 0) is 4.79 Å². The highest BCUT2D eigenvalue weighted by Gasteiger charge is 2.28. The highest BCUT2D eigenvalue weighted by molar-refractivity contribution is 5.85. The summed E-state index contributed by atoms with van der Waals surface area (Å²) >= 11 is 0. The minimum Gasteiger partial charge on any atom is -0.368 e. The predicted molar refractivity (Wildman–Crippen MR) is 95.3 cm³/mol. The average molecular weight is 364 g/mol. The Morgan fingerprint density at radius 1 is 1.04 bits per heavy atom. The Bertz CT molecular complexity index is 487. The van der Waals surface area contributed by atoms with Crippen molar-refractivity contribution in [3.8, 4) is 0 Å². The number of nitrogens with one attached hydrogen (secondary N) is 1. The Balaban J connectivity index is 0.00000132. The fourth-order valence-corrected chi connectivity index (χ4v) is 3.12. The summed E-state index contributed by atoms with van der Waals surface area (Å²) in [6.45, 7) is 4.06. The molecular formula is C16H24Cl2FN3O. The van der Waals surface area contributed by atoms with Crippen LogP contribution in [0.3, 0.4) is 0 Å². The molecule has 2 saturated heterocycles. The first-order valence-corrected chi connectivity index (χ1v) is 7.77. The third kappa shape index (κ3) is 4.96. The van der Waals surface area contributed by atoms with Gasteiger partial charge in [-0.3, -0.25) is 4.79 Å². The van der Waals surface area contributed by atoms with Gasteiger partial charge in [-0.15, -0.1) is 24.8 Å². The van der Waals surface area contributed by atoms with Crippen molar-refractivity contribution in [2.45, 2.75) is 25.3 Å². The van der Waals surface area contributed by atoms with Gasteiger partial charge in [-0.25, -0.2) is 4.39 Å². The molecule has 2 aliphatic rings. The van der Waals surface area contributed by atoms with Crippen LogP contribution in [0.25, 0.3) is 0 Å². The van der Waals surface area contributed by atoms with Crippen LogP contribution in [-0.4, -0.2) is 49.6 Å². The molecule has 2 aliphatic heterocycles. The molecule has 0 aromatic heterocycles. The van der Waals surface area contributed by atoms with E-state index in [4.69, 9.17) is 0 Å². The quantitative estimate of drug-likeness (QED) is 0.876. The number of rotatable bonds is 2. The molecule has 2 fully saturated rings. The topological polar surface area (TPSA) is 35.6 Å². The van der Waals surface area contributed by atoms with Crippen molar-refractivity contribution < 1.29 is 9.18 Å². The van der Waals surface area contributed by atoms with Crippen LogP contribution >= 0.6 is 24.8 Å². The fraction of sp³-hybridized carbons (Fsp3) is 0.562. The Morgan fingerprint density at radius 2 is 1.70 bits per heavy atom. The van der Waals surface area contributed by atoms with Gasteiger partial charge in [-0.1, -0.05) is 6.42 Å². The van der Waals surface area contributed by atoms with Gasteiger partial charge < -0.3 is 15.1 Å². The van der Waals surface area contributed by atoms with Crippen LogP contribution < -0.4 is 10.2 Å². The standard InChI is InChI=1S/C16H22FN3O.2ClH/c17-13-4-6-14(7-5-13)19-9-11-20(12-10-19)16(21)15-3-1-2-8-18-15;;/h4-7,15,18H,1-3,8-12H2;2*1H. The van der Waals surface area contributed by atoms with Gasteiger partial charge in [-0.2, -0.15) is 0 Å². The number of piperidine rings is 1. The Morgan fingerprint density at radius 3 is 2.26 bits per heavy atom. The first-order valence-electron chi connectivity index (χ1n) is 7.77. The van der Waals surface area contributed by atoms with E-state index in [0.717, 1.165) is 51.3 Å². The number of piperazine rings is 1. The van der Waals surface area contributed by atoms with Crippen LogP contribution in [0.1, 0.15) is 19.3 Å². The zero-order chi connectivity index (χ0) is 14.7. The molecule has 130 valence electrons. The predicted octanol–water partition coefficient (Wildman–Crippen LogP) is 2.46. The second-order valence-electron chi connectivity index (χ2n) is 5.79. The summed E-state index contributed by atoms with van der Waals surface area (Å²) in [4.78, 5) is 16.6. The van der Waals surface area contributed by atoms with Crippen molar-refractivity contribution in [1.29, 1.82) is 0 Å². The van der Waals surface area contributed by atoms with Crippen molar-refractivity contribution in [2.24, 2.45) is 0 Å². The second-order valence-corrected chi connectivity index (χ2v) is 5.79. The molecule has 1 aromatic rings. The molecule has 0 saturated carbocycles. The van der Waals surface area contributed by atoms with Gasteiger partial charge in [0.05, 0.1) is 6.04 Å². The summed E-state index contributed by atoms with van der Waals surface area (Å²) in [7, 11) is 0. The van der Waals surface area contributed by atoms with E-state index in [1.165, 1.54) is 18.6 Å². The van der Waals surface area contributed by atoms with Gasteiger partial charge in [0.25, 0.3) is 0 Å². The average Bonchev–Trinajstić information content (AvgIpc) is 2.56. The van der Waals surface area contributed by atoms with Gasteiger partial charge in [0.2, 0.25) is 5.91 Å². The molecule has 1 amide bonds. The van der Waals surface area contributed by atoms with Gasteiger partial charge in [0.15, 0.2) is 0 Å². The first kappa shape index (κ1) is 20.0. The number of anilines is 1. The highest BCUT2D eigenvalue weighted by Crippen LogP contribution is 2.18. The number of carbonyl (C=O) groups excluding carboxylic acids is 1. The summed E-state index contributed by atoms with van der Waals surface area (Å²) in [5.74, 6) is 0.0318. The molecule has 0 spiro atoms. The smallest absolute Gasteiger partial charge is 0.239 e. The van der Waals surface area contributed by atoms with Gasteiger partial charge in [-0.05, 0) is 43.7 Å². The maximum absolute atomic E-state index is 12.9. The number of nitrogens with zero attached hydrogens (tertiary/aromatic N) is 2. The minimum atomic E-state index is -0.212. The van der Waals surface area contributed by atoms with E-state index in [0.29, 0.717) is 0 Å². The van der Waals surface area contributed by atoms with Crippen LogP contribution in [0.4, 0.5) is 10.1 Å². The van der Waals surface area contributed by atoms with Crippen molar-refractivity contribution in [3.63, 3.8) is 0 Å². The Labute approximate surface area is 149 Å². The van der Waals surface area contributed by atoms with Crippen molar-refractivity contribution in [3.05, 3.63) is 30.1 Å². The maximum atomic E-state index is 12.9. The number of amides is 1. The third-order valence-corrected chi connectivity index (χ3v) is 4.39. The van der Waals surface area contributed by atoms with Crippen LogP contribution in [0.15, 0.2) is 24.3 Å². The zero-order valence-corrected chi connectivity index (χ0v) is 14.7. The molecule has 1 N–H and O–H groups in total. The molecule has 1 unspecified atom stereocenters.